The number of piperazine rings is 1. The molecule has 49 heavy (non-hydrogen) atoms. The number of nitriles is 1. The Labute approximate surface area is 292 Å². The van der Waals surface area contributed by atoms with Crippen molar-refractivity contribution in [2.45, 2.75) is 138 Å². The minimum atomic E-state index is -1.08. The number of hydrogen-bond acceptors (Lipinski definition) is 8. The number of carbonyl (C=O) groups excluding carboxylic acids is 1. The van der Waals surface area contributed by atoms with E-state index in [0.717, 1.165) is 50.1 Å². The van der Waals surface area contributed by atoms with Gasteiger partial charge in [0.1, 0.15) is 17.5 Å². The first-order chi connectivity index (χ1) is 23.9. The second kappa shape index (κ2) is 15.4. The van der Waals surface area contributed by atoms with Crippen molar-refractivity contribution in [1.82, 2.24) is 24.9 Å². The Morgan fingerprint density at radius 2 is 1.90 bits per heavy atom. The lowest BCUT2D eigenvalue weighted by atomic mass is 9.68. The lowest BCUT2D eigenvalue weighted by molar-refractivity contribution is -0.224. The number of alkyl halides is 1. The molecule has 1 amide bonds. The quantitative estimate of drug-likeness (QED) is 0.394. The Morgan fingerprint density at radius 1 is 1.10 bits per heavy atom. The second-order valence-electron chi connectivity index (χ2n) is 15.7. The predicted octanol–water partition coefficient (Wildman–Crippen LogP) is 5.22. The van der Waals surface area contributed by atoms with E-state index < -0.39 is 11.8 Å². The van der Waals surface area contributed by atoms with Crippen molar-refractivity contribution in [2.24, 2.45) is 5.92 Å². The van der Waals surface area contributed by atoms with Crippen LogP contribution >= 0.6 is 0 Å². The molecule has 268 valence electrons. The average Bonchev–Trinajstić information content (AvgIpc) is 3.51. The predicted molar refractivity (Wildman–Crippen MR) is 187 cm³/mol. The summed E-state index contributed by atoms with van der Waals surface area (Å²) in [5.74, 6) is 0.936. The van der Waals surface area contributed by atoms with Crippen LogP contribution in [-0.4, -0.2) is 114 Å². The third kappa shape index (κ3) is 7.16. The number of halogens is 1. The first-order valence-electron chi connectivity index (χ1n) is 19.2. The molecule has 0 radical (unpaired) electrons. The highest BCUT2D eigenvalue weighted by atomic mass is 19.1. The molecular formula is C39H57FN6O3. The summed E-state index contributed by atoms with van der Waals surface area (Å²) in [6, 6.07) is 10.8. The molecule has 1 aromatic carbocycles. The lowest BCUT2D eigenvalue weighted by Crippen LogP contribution is -2.76. The van der Waals surface area contributed by atoms with Gasteiger partial charge in [-0.2, -0.15) is 5.26 Å². The van der Waals surface area contributed by atoms with E-state index in [-0.39, 0.29) is 42.8 Å². The van der Waals surface area contributed by atoms with Crippen molar-refractivity contribution in [1.29, 1.82) is 5.26 Å². The molecule has 0 bridgehead atoms. The van der Waals surface area contributed by atoms with E-state index in [4.69, 9.17) is 9.47 Å². The number of benzene rings is 1. The zero-order chi connectivity index (χ0) is 34.0. The minimum absolute atomic E-state index is 0.000583. The number of carbonyl (C=O) groups is 1. The van der Waals surface area contributed by atoms with Gasteiger partial charge in [-0.15, -0.1) is 0 Å². The molecule has 7 rings (SSSR count). The number of amides is 1. The van der Waals surface area contributed by atoms with E-state index in [1.807, 2.05) is 29.2 Å². The van der Waals surface area contributed by atoms with Gasteiger partial charge in [-0.25, -0.2) is 9.29 Å². The van der Waals surface area contributed by atoms with E-state index in [2.05, 4.69) is 39.7 Å². The molecule has 7 unspecified atom stereocenters. The standard InChI is InChI=1S/C39H57FN6O3/c1-3-36(47)45-23-22-44(26-30(45)18-20-41)37-32-17-19-39(35(40)24-28-12-9-10-16-34(28)49-39)25-33(32)42-38(48-27-31-15-11-21-43(31)2)46(37)29-13-7-5-4-6-8-14-29/h3,9-10,12,16,29-33,35,37-38,42H,1,4-8,11,13-15,17-19,21-27H2,2H3/t30?,31?,32?,33?,35?,37?,38?,39-/m0/s1. The fraction of sp³-hybridized carbons (Fsp3) is 0.744. The van der Waals surface area contributed by atoms with Crippen LogP contribution in [0.15, 0.2) is 36.9 Å². The molecule has 9 nitrogen and oxygen atoms in total. The molecule has 1 aromatic rings. The summed E-state index contributed by atoms with van der Waals surface area (Å²) in [6.07, 6.45) is 13.6. The summed E-state index contributed by atoms with van der Waals surface area (Å²) in [5, 5.41) is 13.9. The number of nitrogens with zero attached hydrogens (tertiary/aromatic N) is 5. The van der Waals surface area contributed by atoms with Gasteiger partial charge in [0.2, 0.25) is 5.91 Å². The highest BCUT2D eigenvalue weighted by Crippen LogP contribution is 2.48. The first kappa shape index (κ1) is 34.9. The maximum atomic E-state index is 16.4. The first-order valence-corrected chi connectivity index (χ1v) is 19.2. The van der Waals surface area contributed by atoms with Gasteiger partial charge in [0.25, 0.3) is 0 Å². The number of fused-ring (bicyclic) bond motifs is 2. The van der Waals surface area contributed by atoms with E-state index in [9.17, 15) is 10.1 Å². The van der Waals surface area contributed by atoms with Gasteiger partial charge in [-0.05, 0) is 69.8 Å². The average molecular weight is 677 g/mol. The van der Waals surface area contributed by atoms with Crippen LogP contribution in [0.25, 0.3) is 0 Å². The Balaban J connectivity index is 1.23. The van der Waals surface area contributed by atoms with Gasteiger partial charge in [-0.1, -0.05) is 56.9 Å². The summed E-state index contributed by atoms with van der Waals surface area (Å²) in [7, 11) is 2.20. The number of nitrogens with one attached hydrogen (secondary N) is 1. The van der Waals surface area contributed by atoms with Gasteiger partial charge in [-0.3, -0.25) is 15.0 Å². The zero-order valence-corrected chi connectivity index (χ0v) is 29.5. The molecule has 1 N–H and O–H groups in total. The Morgan fingerprint density at radius 3 is 2.65 bits per heavy atom. The Kier molecular flexibility index (Phi) is 10.9. The topological polar surface area (TPSA) is 84.3 Å². The fourth-order valence-corrected chi connectivity index (χ4v) is 10.2. The third-order valence-electron chi connectivity index (χ3n) is 12.8. The largest absolute Gasteiger partial charge is 0.484 e. The van der Waals surface area contributed by atoms with E-state index in [0.29, 0.717) is 51.0 Å². The Bertz CT molecular complexity index is 1350. The molecule has 6 aliphatic rings. The van der Waals surface area contributed by atoms with Gasteiger partial charge in [0, 0.05) is 56.5 Å². The fourth-order valence-electron chi connectivity index (χ4n) is 10.2. The van der Waals surface area contributed by atoms with E-state index in [1.165, 1.54) is 44.6 Å². The van der Waals surface area contributed by atoms with E-state index >= 15 is 4.39 Å². The van der Waals surface area contributed by atoms with Crippen LogP contribution < -0.4 is 10.1 Å². The summed E-state index contributed by atoms with van der Waals surface area (Å²) in [5.41, 5.74) is 0.0782. The van der Waals surface area contributed by atoms with Crippen molar-refractivity contribution < 1.29 is 18.7 Å². The number of ether oxygens (including phenoxy) is 2. The van der Waals surface area contributed by atoms with Gasteiger partial charge >= 0.3 is 0 Å². The molecule has 8 atom stereocenters. The summed E-state index contributed by atoms with van der Waals surface area (Å²) < 4.78 is 30.1. The smallest absolute Gasteiger partial charge is 0.246 e. The zero-order valence-electron chi connectivity index (χ0n) is 29.5. The summed E-state index contributed by atoms with van der Waals surface area (Å²) >= 11 is 0. The van der Waals surface area contributed by atoms with Gasteiger partial charge in [0.05, 0.1) is 31.3 Å². The maximum absolute atomic E-state index is 16.4. The highest BCUT2D eigenvalue weighted by Gasteiger charge is 2.57. The minimum Gasteiger partial charge on any atom is -0.484 e. The summed E-state index contributed by atoms with van der Waals surface area (Å²) in [4.78, 5) is 22.4. The molecule has 5 fully saturated rings. The third-order valence-corrected chi connectivity index (χ3v) is 12.8. The maximum Gasteiger partial charge on any atom is 0.246 e. The second-order valence-corrected chi connectivity index (χ2v) is 15.7. The van der Waals surface area contributed by atoms with Crippen LogP contribution in [0.1, 0.15) is 89.0 Å². The number of hydrogen-bond donors (Lipinski definition) is 1. The molecule has 2 aliphatic carbocycles. The number of para-hydroxylation sites is 1. The van der Waals surface area contributed by atoms with Crippen molar-refractivity contribution in [3.63, 3.8) is 0 Å². The van der Waals surface area contributed by atoms with Crippen LogP contribution in [0.3, 0.4) is 0 Å². The lowest BCUT2D eigenvalue weighted by Gasteiger charge is -2.61. The van der Waals surface area contributed by atoms with Crippen molar-refractivity contribution in [3.05, 3.63) is 42.5 Å². The van der Waals surface area contributed by atoms with Crippen LogP contribution in [-0.2, 0) is 16.0 Å². The number of likely N-dealkylation sites (tertiary alicyclic amines) is 1. The number of rotatable bonds is 7. The number of likely N-dealkylation sites (N-methyl/N-ethyl adjacent to an activating group) is 1. The van der Waals surface area contributed by atoms with Gasteiger partial charge in [0.15, 0.2) is 6.35 Å². The normalized spacial score (nSPS) is 36.6. The Hall–Kier alpha value is -2.55. The van der Waals surface area contributed by atoms with E-state index in [1.54, 1.807) is 0 Å². The molecule has 2 saturated carbocycles. The van der Waals surface area contributed by atoms with Crippen LogP contribution in [0.4, 0.5) is 4.39 Å². The molecule has 4 heterocycles. The molecule has 1 spiro atoms. The van der Waals surface area contributed by atoms with Crippen molar-refractivity contribution in [3.8, 4) is 11.8 Å². The molecule has 3 saturated heterocycles. The van der Waals surface area contributed by atoms with Crippen LogP contribution in [0, 0.1) is 17.2 Å². The molecular weight excluding hydrogens is 619 g/mol. The summed E-state index contributed by atoms with van der Waals surface area (Å²) in [6.45, 7) is 7.41. The monoisotopic (exact) mass is 676 g/mol. The van der Waals surface area contributed by atoms with Crippen molar-refractivity contribution >= 4 is 5.91 Å². The molecule has 4 aliphatic heterocycles. The van der Waals surface area contributed by atoms with Crippen molar-refractivity contribution in [2.75, 3.05) is 39.8 Å². The SMILES string of the molecule is C=CC(=O)N1CCN(C2C3CC[C@@]4(CC3NC(OCC3CCCN3C)N2C2CCCCCCC2)Oc2ccccc2CC4F)CC1CC#N. The molecule has 10 heteroatoms. The molecule has 0 aromatic heterocycles. The van der Waals surface area contributed by atoms with Gasteiger partial charge < -0.3 is 19.3 Å². The van der Waals surface area contributed by atoms with Crippen LogP contribution in [0.2, 0.25) is 0 Å². The van der Waals surface area contributed by atoms with Crippen LogP contribution in [0.5, 0.6) is 5.75 Å². The highest BCUT2D eigenvalue weighted by molar-refractivity contribution is 5.87.